The Morgan fingerprint density at radius 1 is 1.32 bits per heavy atom. The van der Waals surface area contributed by atoms with Gasteiger partial charge in [-0.1, -0.05) is 6.92 Å². The fourth-order valence-electron chi connectivity index (χ4n) is 3.13. The zero-order valence-corrected chi connectivity index (χ0v) is 14.8. The van der Waals surface area contributed by atoms with Crippen molar-refractivity contribution in [1.29, 1.82) is 0 Å². The molecule has 1 amide bonds. The van der Waals surface area contributed by atoms with Crippen LogP contribution in [0, 0.1) is 0 Å². The van der Waals surface area contributed by atoms with Crippen LogP contribution in [0.4, 0.5) is 0 Å². The van der Waals surface area contributed by atoms with Gasteiger partial charge in [0.05, 0.1) is 19.0 Å². The lowest BCUT2D eigenvalue weighted by Crippen LogP contribution is -2.45. The normalized spacial score (nSPS) is 18.0. The Hall–Kier alpha value is -2.42. The number of aromatic nitrogens is 4. The zero-order valence-electron chi connectivity index (χ0n) is 14.8. The van der Waals surface area contributed by atoms with E-state index in [1.54, 1.807) is 11.6 Å². The predicted molar refractivity (Wildman–Crippen MR) is 91.4 cm³/mol. The number of nitrogens with zero attached hydrogens (tertiary/aromatic N) is 5. The van der Waals surface area contributed by atoms with Crippen LogP contribution in [-0.2, 0) is 30.2 Å². The molecule has 1 atom stereocenters. The fourth-order valence-corrected chi connectivity index (χ4v) is 3.13. The maximum Gasteiger partial charge on any atom is 0.332 e. The summed E-state index contributed by atoms with van der Waals surface area (Å²) >= 11 is 0. The molecule has 9 nitrogen and oxygen atoms in total. The molecule has 0 aromatic carbocycles. The highest BCUT2D eigenvalue weighted by Gasteiger charge is 2.23. The van der Waals surface area contributed by atoms with Crippen molar-refractivity contribution >= 4 is 17.1 Å². The maximum absolute atomic E-state index is 12.5. The van der Waals surface area contributed by atoms with Gasteiger partial charge in [0.15, 0.2) is 11.2 Å². The Bertz CT molecular complexity index is 910. The van der Waals surface area contributed by atoms with E-state index in [2.05, 4.69) is 4.98 Å². The monoisotopic (exact) mass is 349 g/mol. The van der Waals surface area contributed by atoms with Gasteiger partial charge in [0.25, 0.3) is 5.56 Å². The van der Waals surface area contributed by atoms with Crippen LogP contribution in [0.15, 0.2) is 15.9 Å². The van der Waals surface area contributed by atoms with E-state index in [-0.39, 0.29) is 18.4 Å². The highest BCUT2D eigenvalue weighted by molar-refractivity contribution is 5.76. The first-order valence-corrected chi connectivity index (χ1v) is 8.44. The van der Waals surface area contributed by atoms with Crippen LogP contribution in [0.2, 0.25) is 0 Å². The summed E-state index contributed by atoms with van der Waals surface area (Å²) < 4.78 is 9.62. The number of rotatable bonds is 4. The Morgan fingerprint density at radius 3 is 2.80 bits per heavy atom. The molecule has 2 aromatic rings. The molecule has 25 heavy (non-hydrogen) atoms. The molecule has 136 valence electrons. The molecule has 0 spiro atoms. The molecule has 3 rings (SSSR count). The number of aryl methyl sites for hydroxylation is 2. The highest BCUT2D eigenvalue weighted by atomic mass is 16.5. The summed E-state index contributed by atoms with van der Waals surface area (Å²) in [4.78, 5) is 42.8. The molecule has 2 aromatic heterocycles. The number of fused-ring (bicyclic) bond motifs is 1. The van der Waals surface area contributed by atoms with Crippen LogP contribution in [0.3, 0.4) is 0 Å². The summed E-state index contributed by atoms with van der Waals surface area (Å²) in [7, 11) is 3.01. The van der Waals surface area contributed by atoms with Gasteiger partial charge in [-0.2, -0.15) is 0 Å². The topological polar surface area (TPSA) is 91.4 Å². The molecule has 9 heteroatoms. The first kappa shape index (κ1) is 17.4. The van der Waals surface area contributed by atoms with Crippen molar-refractivity contribution in [2.45, 2.75) is 32.4 Å². The molecular formula is C16H23N5O4. The average Bonchev–Trinajstić information content (AvgIpc) is 3.06. The van der Waals surface area contributed by atoms with E-state index in [4.69, 9.17) is 4.74 Å². The molecule has 0 aliphatic carbocycles. The lowest BCUT2D eigenvalue weighted by molar-refractivity contribution is -0.139. The molecule has 0 bridgehead atoms. The Morgan fingerprint density at radius 2 is 2.08 bits per heavy atom. The van der Waals surface area contributed by atoms with Crippen LogP contribution in [0.25, 0.3) is 11.2 Å². The third kappa shape index (κ3) is 3.11. The quantitative estimate of drug-likeness (QED) is 0.739. The van der Waals surface area contributed by atoms with Crippen LogP contribution < -0.4 is 11.2 Å². The average molecular weight is 349 g/mol. The van der Waals surface area contributed by atoms with Gasteiger partial charge in [-0.15, -0.1) is 0 Å². The number of carbonyl (C=O) groups excluding carboxylic acids is 1. The smallest absolute Gasteiger partial charge is 0.332 e. The van der Waals surface area contributed by atoms with Crippen molar-refractivity contribution in [3.63, 3.8) is 0 Å². The van der Waals surface area contributed by atoms with Crippen molar-refractivity contribution < 1.29 is 9.53 Å². The van der Waals surface area contributed by atoms with Gasteiger partial charge in [-0.3, -0.25) is 18.7 Å². The second-order valence-corrected chi connectivity index (χ2v) is 6.31. The van der Waals surface area contributed by atoms with E-state index in [9.17, 15) is 14.4 Å². The van der Waals surface area contributed by atoms with Crippen molar-refractivity contribution in [2.24, 2.45) is 14.1 Å². The van der Waals surface area contributed by atoms with E-state index in [1.807, 2.05) is 11.8 Å². The maximum atomic E-state index is 12.5. The number of ether oxygens (including phenoxy) is 1. The summed E-state index contributed by atoms with van der Waals surface area (Å²) in [5, 5.41) is 0. The van der Waals surface area contributed by atoms with Gasteiger partial charge in [-0.25, -0.2) is 9.78 Å². The van der Waals surface area contributed by atoms with Crippen LogP contribution in [0.1, 0.15) is 19.8 Å². The first-order chi connectivity index (χ1) is 11.9. The molecule has 1 fully saturated rings. The highest BCUT2D eigenvalue weighted by Crippen LogP contribution is 2.11. The van der Waals surface area contributed by atoms with Crippen LogP contribution in [0.5, 0.6) is 0 Å². The lowest BCUT2D eigenvalue weighted by atomic mass is 10.2. The van der Waals surface area contributed by atoms with Gasteiger partial charge in [0, 0.05) is 40.2 Å². The standard InChI is InChI=1S/C16H23N5O4/c1-4-11-9-20(7-8-25-11)12(22)5-6-21-10-17-14-13(21)15(23)19(3)16(24)18(14)2/h10-11H,4-9H2,1-3H3/t11-/m0/s1. The van der Waals surface area contributed by atoms with Crippen molar-refractivity contribution in [1.82, 2.24) is 23.6 Å². The molecular weight excluding hydrogens is 326 g/mol. The van der Waals surface area contributed by atoms with E-state index >= 15 is 0 Å². The third-order valence-electron chi connectivity index (χ3n) is 4.73. The van der Waals surface area contributed by atoms with Crippen LogP contribution >= 0.6 is 0 Å². The summed E-state index contributed by atoms with van der Waals surface area (Å²) in [6.45, 7) is 4.14. The molecule has 0 unspecified atom stereocenters. The summed E-state index contributed by atoms with van der Waals surface area (Å²) in [6, 6.07) is 0. The number of hydrogen-bond acceptors (Lipinski definition) is 5. The molecule has 1 aliphatic rings. The largest absolute Gasteiger partial charge is 0.375 e. The molecule has 1 aliphatic heterocycles. The Balaban J connectivity index is 1.79. The third-order valence-corrected chi connectivity index (χ3v) is 4.73. The second kappa shape index (κ2) is 6.83. The van der Waals surface area contributed by atoms with E-state index in [0.717, 1.165) is 11.0 Å². The van der Waals surface area contributed by atoms with Gasteiger partial charge >= 0.3 is 5.69 Å². The minimum Gasteiger partial charge on any atom is -0.375 e. The van der Waals surface area contributed by atoms with E-state index in [1.165, 1.54) is 17.9 Å². The number of hydrogen-bond donors (Lipinski definition) is 0. The lowest BCUT2D eigenvalue weighted by Gasteiger charge is -2.32. The van der Waals surface area contributed by atoms with Crippen molar-refractivity contribution in [2.75, 3.05) is 19.7 Å². The minimum absolute atomic E-state index is 0.0326. The summed E-state index contributed by atoms with van der Waals surface area (Å²) in [5.74, 6) is 0.0326. The number of carbonyl (C=O) groups is 1. The fraction of sp³-hybridized carbons (Fsp3) is 0.625. The zero-order chi connectivity index (χ0) is 18.1. The van der Waals surface area contributed by atoms with E-state index in [0.29, 0.717) is 37.4 Å². The summed E-state index contributed by atoms with van der Waals surface area (Å²) in [6.07, 6.45) is 2.74. The molecule has 0 saturated carbocycles. The molecule has 3 heterocycles. The predicted octanol–water partition coefficient (Wildman–Crippen LogP) is -0.539. The number of imidazole rings is 1. The van der Waals surface area contributed by atoms with Crippen molar-refractivity contribution in [3.8, 4) is 0 Å². The molecule has 1 saturated heterocycles. The van der Waals surface area contributed by atoms with Gasteiger partial charge < -0.3 is 14.2 Å². The van der Waals surface area contributed by atoms with Gasteiger partial charge in [0.1, 0.15) is 0 Å². The first-order valence-electron chi connectivity index (χ1n) is 8.44. The Labute approximate surface area is 144 Å². The van der Waals surface area contributed by atoms with Gasteiger partial charge in [-0.05, 0) is 6.42 Å². The minimum atomic E-state index is -0.419. The second-order valence-electron chi connectivity index (χ2n) is 6.31. The summed E-state index contributed by atoms with van der Waals surface area (Å²) in [5.41, 5.74) is -0.151. The number of amides is 1. The Kier molecular flexibility index (Phi) is 4.76. The van der Waals surface area contributed by atoms with Crippen LogP contribution in [-0.4, -0.2) is 55.3 Å². The van der Waals surface area contributed by atoms with E-state index < -0.39 is 11.2 Å². The molecule has 0 N–H and O–H groups in total. The molecule has 0 radical (unpaired) electrons. The number of morpholine rings is 1. The van der Waals surface area contributed by atoms with Gasteiger partial charge in [0.2, 0.25) is 5.91 Å². The van der Waals surface area contributed by atoms with Crippen molar-refractivity contribution in [3.05, 3.63) is 27.2 Å². The SMILES string of the molecule is CC[C@H]1CN(C(=O)CCn2cnc3c2c(=O)n(C)c(=O)n3C)CCO1.